The zero-order valence-electron chi connectivity index (χ0n) is 24.0. The van der Waals surface area contributed by atoms with Crippen molar-refractivity contribution in [3.8, 4) is 5.75 Å². The number of ether oxygens (including phenoxy) is 1. The maximum Gasteiger partial charge on any atom is 0.264 e. The lowest BCUT2D eigenvalue weighted by Crippen LogP contribution is -2.53. The monoisotopic (exact) mass is 577 g/mol. The number of sulfonamides is 1. The molecule has 1 atom stereocenters. The third kappa shape index (κ3) is 7.67. The number of methoxy groups -OCH3 is 1. The quantitative estimate of drug-likeness (QED) is 0.344. The van der Waals surface area contributed by atoms with E-state index in [4.69, 9.17) is 4.74 Å². The lowest BCUT2D eigenvalue weighted by Gasteiger charge is -2.33. The van der Waals surface area contributed by atoms with Gasteiger partial charge < -0.3 is 15.0 Å². The van der Waals surface area contributed by atoms with Gasteiger partial charge in [0.15, 0.2) is 0 Å². The maximum atomic E-state index is 14.1. The Bertz CT molecular complexity index is 1420. The first kappa shape index (κ1) is 30.1. The lowest BCUT2D eigenvalue weighted by molar-refractivity contribution is -0.139. The molecule has 0 heterocycles. The highest BCUT2D eigenvalue weighted by molar-refractivity contribution is 7.92. The van der Waals surface area contributed by atoms with Gasteiger partial charge in [0.1, 0.15) is 18.3 Å². The summed E-state index contributed by atoms with van der Waals surface area (Å²) in [4.78, 5) is 29.0. The summed E-state index contributed by atoms with van der Waals surface area (Å²) in [6, 6.07) is 21.8. The standard InChI is InChI=1S/C32H39N3O5S/c1-24-17-19-30(20-18-24)41(38,39)35(28-15-10-16-29(21-28)40-3)23-31(36)34(22-26-11-6-4-7-12-26)25(2)32(37)33-27-13-8-5-9-14-27/h4,6-7,10-12,15-21,25,27H,5,8-9,13-14,22-23H2,1-3H3,(H,33,37). The first-order chi connectivity index (χ1) is 19.7. The maximum absolute atomic E-state index is 14.1. The predicted molar refractivity (Wildman–Crippen MR) is 160 cm³/mol. The van der Waals surface area contributed by atoms with Gasteiger partial charge in [0.2, 0.25) is 11.8 Å². The fraction of sp³-hybridized carbons (Fsp3) is 0.375. The molecule has 0 spiro atoms. The van der Waals surface area contributed by atoms with Crippen molar-refractivity contribution < 1.29 is 22.7 Å². The Morgan fingerprint density at radius 3 is 2.29 bits per heavy atom. The third-order valence-corrected chi connectivity index (χ3v) is 9.33. The molecule has 4 rings (SSSR count). The highest BCUT2D eigenvalue weighted by atomic mass is 32.2. The van der Waals surface area contributed by atoms with Gasteiger partial charge in [-0.05, 0) is 56.5 Å². The van der Waals surface area contributed by atoms with Gasteiger partial charge in [0.25, 0.3) is 10.0 Å². The van der Waals surface area contributed by atoms with Crippen molar-refractivity contribution in [3.05, 3.63) is 90.0 Å². The van der Waals surface area contributed by atoms with E-state index >= 15 is 0 Å². The number of aryl methyl sites for hydroxylation is 1. The highest BCUT2D eigenvalue weighted by Crippen LogP contribution is 2.28. The summed E-state index contributed by atoms with van der Waals surface area (Å²) >= 11 is 0. The second-order valence-corrected chi connectivity index (χ2v) is 12.4. The largest absolute Gasteiger partial charge is 0.497 e. The van der Waals surface area contributed by atoms with E-state index in [1.54, 1.807) is 43.3 Å². The van der Waals surface area contributed by atoms with Crippen LogP contribution in [0.15, 0.2) is 83.8 Å². The predicted octanol–water partition coefficient (Wildman–Crippen LogP) is 5.07. The summed E-state index contributed by atoms with van der Waals surface area (Å²) in [5, 5.41) is 3.12. The van der Waals surface area contributed by atoms with Gasteiger partial charge in [0.05, 0.1) is 17.7 Å². The second-order valence-electron chi connectivity index (χ2n) is 10.6. The molecule has 1 unspecified atom stereocenters. The molecule has 0 aromatic heterocycles. The molecule has 1 aliphatic rings. The molecule has 0 radical (unpaired) electrons. The lowest BCUT2D eigenvalue weighted by atomic mass is 9.95. The van der Waals surface area contributed by atoms with Crippen LogP contribution in [-0.4, -0.2) is 50.9 Å². The molecule has 1 saturated carbocycles. The summed E-state index contributed by atoms with van der Waals surface area (Å²) < 4.78 is 34.4. The molecule has 0 bridgehead atoms. The van der Waals surface area contributed by atoms with E-state index in [1.807, 2.05) is 37.3 Å². The number of rotatable bonds is 11. The number of anilines is 1. The van der Waals surface area contributed by atoms with Gasteiger partial charge in [0, 0.05) is 18.7 Å². The average molecular weight is 578 g/mol. The molecule has 3 aromatic carbocycles. The van der Waals surface area contributed by atoms with Crippen LogP contribution >= 0.6 is 0 Å². The van der Waals surface area contributed by atoms with E-state index in [-0.39, 0.29) is 29.1 Å². The summed E-state index contributed by atoms with van der Waals surface area (Å²) in [5.74, 6) is -0.269. The summed E-state index contributed by atoms with van der Waals surface area (Å²) in [6.07, 6.45) is 5.14. The minimum Gasteiger partial charge on any atom is -0.497 e. The molecular weight excluding hydrogens is 538 g/mol. The van der Waals surface area contributed by atoms with Crippen molar-refractivity contribution >= 4 is 27.5 Å². The SMILES string of the molecule is COc1cccc(N(CC(=O)N(Cc2ccccc2)C(C)C(=O)NC2CCCCC2)S(=O)(=O)c2ccc(C)cc2)c1. The Morgan fingerprint density at radius 2 is 1.63 bits per heavy atom. The number of amides is 2. The van der Waals surface area contributed by atoms with Gasteiger partial charge in [-0.25, -0.2) is 8.42 Å². The Morgan fingerprint density at radius 1 is 0.951 bits per heavy atom. The van der Waals surface area contributed by atoms with E-state index < -0.39 is 28.5 Å². The molecule has 1 N–H and O–H groups in total. The fourth-order valence-corrected chi connectivity index (χ4v) is 6.47. The third-order valence-electron chi connectivity index (χ3n) is 7.54. The number of nitrogens with zero attached hydrogens (tertiary/aromatic N) is 2. The zero-order chi connectivity index (χ0) is 29.4. The number of benzene rings is 3. The molecule has 2 amide bonds. The highest BCUT2D eigenvalue weighted by Gasteiger charge is 2.33. The Hall–Kier alpha value is -3.85. The minimum absolute atomic E-state index is 0.0661. The van der Waals surface area contributed by atoms with Gasteiger partial charge in [-0.2, -0.15) is 0 Å². The van der Waals surface area contributed by atoms with E-state index in [2.05, 4.69) is 5.32 Å². The average Bonchev–Trinajstić information content (AvgIpc) is 2.99. The molecule has 1 fully saturated rings. The molecule has 8 nitrogen and oxygen atoms in total. The first-order valence-corrected chi connectivity index (χ1v) is 15.5. The van der Waals surface area contributed by atoms with Crippen LogP contribution in [0.1, 0.15) is 50.2 Å². The first-order valence-electron chi connectivity index (χ1n) is 14.1. The topological polar surface area (TPSA) is 96.0 Å². The molecule has 0 saturated heterocycles. The second kappa shape index (κ2) is 13.7. The van der Waals surface area contributed by atoms with E-state index in [0.717, 1.165) is 47.5 Å². The van der Waals surface area contributed by atoms with Gasteiger partial charge >= 0.3 is 0 Å². The Kier molecular flexibility index (Phi) is 10.0. The van der Waals surface area contributed by atoms with Crippen LogP contribution in [-0.2, 0) is 26.2 Å². The van der Waals surface area contributed by atoms with Crippen molar-refractivity contribution in [1.82, 2.24) is 10.2 Å². The summed E-state index contributed by atoms with van der Waals surface area (Å²) in [6.45, 7) is 3.25. The Balaban J connectivity index is 1.67. The van der Waals surface area contributed by atoms with Crippen molar-refractivity contribution in [3.63, 3.8) is 0 Å². The van der Waals surface area contributed by atoms with Crippen molar-refractivity contribution in [2.24, 2.45) is 0 Å². The number of carbonyl (C=O) groups excluding carboxylic acids is 2. The minimum atomic E-state index is -4.14. The Labute approximate surface area is 243 Å². The van der Waals surface area contributed by atoms with Crippen LogP contribution < -0.4 is 14.4 Å². The number of hydrogen-bond acceptors (Lipinski definition) is 5. The van der Waals surface area contributed by atoms with Crippen LogP contribution in [0.5, 0.6) is 5.75 Å². The van der Waals surface area contributed by atoms with E-state index in [9.17, 15) is 18.0 Å². The molecule has 0 aliphatic heterocycles. The van der Waals surface area contributed by atoms with Crippen LogP contribution in [0.25, 0.3) is 0 Å². The van der Waals surface area contributed by atoms with E-state index in [0.29, 0.717) is 5.75 Å². The van der Waals surface area contributed by atoms with Crippen molar-refractivity contribution in [1.29, 1.82) is 0 Å². The molecule has 9 heteroatoms. The van der Waals surface area contributed by atoms with Crippen molar-refractivity contribution in [2.75, 3.05) is 18.0 Å². The molecule has 41 heavy (non-hydrogen) atoms. The summed E-state index contributed by atoms with van der Waals surface area (Å²) in [7, 11) is -2.64. The van der Waals surface area contributed by atoms with Gasteiger partial charge in [-0.15, -0.1) is 0 Å². The van der Waals surface area contributed by atoms with E-state index in [1.165, 1.54) is 24.1 Å². The number of nitrogens with one attached hydrogen (secondary N) is 1. The number of hydrogen-bond donors (Lipinski definition) is 1. The molecule has 3 aromatic rings. The van der Waals surface area contributed by atoms with Crippen LogP contribution in [0.2, 0.25) is 0 Å². The zero-order valence-corrected chi connectivity index (χ0v) is 24.8. The summed E-state index contributed by atoms with van der Waals surface area (Å²) in [5.41, 5.74) is 2.05. The van der Waals surface area contributed by atoms with Crippen molar-refractivity contribution in [2.45, 2.75) is 69.5 Å². The molecule has 1 aliphatic carbocycles. The normalized spacial score (nSPS) is 14.6. The van der Waals surface area contributed by atoms with Crippen LogP contribution in [0.4, 0.5) is 5.69 Å². The molecular formula is C32H39N3O5S. The smallest absolute Gasteiger partial charge is 0.264 e. The van der Waals surface area contributed by atoms with Gasteiger partial charge in [-0.3, -0.25) is 13.9 Å². The van der Waals surface area contributed by atoms with Gasteiger partial charge in [-0.1, -0.05) is 73.4 Å². The van der Waals surface area contributed by atoms with Crippen LogP contribution in [0.3, 0.4) is 0 Å². The molecule has 218 valence electrons. The van der Waals surface area contributed by atoms with Crippen LogP contribution in [0, 0.1) is 6.92 Å². The fourth-order valence-electron chi connectivity index (χ4n) is 5.06. The number of carbonyl (C=O) groups is 2.